The van der Waals surface area contributed by atoms with Gasteiger partial charge in [-0.1, -0.05) is 25.4 Å². The summed E-state index contributed by atoms with van der Waals surface area (Å²) < 4.78 is 5.78. The van der Waals surface area contributed by atoms with Gasteiger partial charge in [-0.3, -0.25) is 10.1 Å². The van der Waals surface area contributed by atoms with Gasteiger partial charge in [0.15, 0.2) is 11.7 Å². The van der Waals surface area contributed by atoms with Crippen molar-refractivity contribution in [1.29, 1.82) is 0 Å². The van der Waals surface area contributed by atoms with Crippen molar-refractivity contribution in [2.24, 2.45) is 0 Å². The normalized spacial score (nSPS) is 13.6. The minimum absolute atomic E-state index is 0.0367. The number of hydrogen-bond acceptors (Lipinski definition) is 4. The highest BCUT2D eigenvalue weighted by Gasteiger charge is 2.17. The number of ether oxygens (including phenoxy) is 1. The molecule has 0 saturated carbocycles. The number of nitrogens with zero attached hydrogens (tertiary/aromatic N) is 1. The second-order valence-corrected chi connectivity index (χ2v) is 8.22. The molecule has 1 N–H and O–H groups in total. The molecule has 0 atom stereocenters. The molecule has 2 aromatic rings. The predicted octanol–water partition coefficient (Wildman–Crippen LogP) is 5.12. The van der Waals surface area contributed by atoms with Crippen LogP contribution in [0.5, 0.6) is 5.75 Å². The monoisotopic (exact) mass is 378 g/mol. The number of carbonyl (C=O) groups is 1. The lowest BCUT2D eigenvalue weighted by Gasteiger charge is -2.15. The van der Waals surface area contributed by atoms with Gasteiger partial charge < -0.3 is 4.74 Å². The summed E-state index contributed by atoms with van der Waals surface area (Å²) in [7, 11) is 0. The average molecular weight is 379 g/mol. The maximum Gasteiger partial charge on any atom is 0.264 e. The van der Waals surface area contributed by atoms with Crippen LogP contribution in [-0.2, 0) is 17.6 Å². The van der Waals surface area contributed by atoms with Gasteiger partial charge in [0.25, 0.3) is 5.91 Å². The van der Waals surface area contributed by atoms with Crippen molar-refractivity contribution >= 4 is 34.0 Å². The van der Waals surface area contributed by atoms with Gasteiger partial charge in [-0.05, 0) is 61.8 Å². The number of carbonyl (C=O) groups excluding carboxylic acids is 1. The van der Waals surface area contributed by atoms with Crippen molar-refractivity contribution in [3.63, 3.8) is 0 Å². The zero-order chi connectivity index (χ0) is 18.0. The third-order valence-electron chi connectivity index (χ3n) is 4.36. The molecule has 1 heterocycles. The molecule has 0 radical (unpaired) electrons. The van der Waals surface area contributed by atoms with Crippen LogP contribution in [0.25, 0.3) is 0 Å². The van der Waals surface area contributed by atoms with E-state index in [0.717, 1.165) is 29.7 Å². The van der Waals surface area contributed by atoms with Crippen molar-refractivity contribution < 1.29 is 9.53 Å². The molecule has 25 heavy (non-hydrogen) atoms. The lowest BCUT2D eigenvalue weighted by atomic mass is 10.0. The zero-order valence-corrected chi connectivity index (χ0v) is 16.4. The third kappa shape index (κ3) is 4.33. The van der Waals surface area contributed by atoms with Crippen LogP contribution in [0.4, 0.5) is 5.13 Å². The maximum atomic E-state index is 12.2. The summed E-state index contributed by atoms with van der Waals surface area (Å²) in [6, 6.07) is 3.82. The van der Waals surface area contributed by atoms with Crippen LogP contribution in [-0.4, -0.2) is 17.5 Å². The molecular formula is C19H23ClN2O2S. The number of aromatic nitrogens is 1. The second kappa shape index (κ2) is 7.75. The molecule has 0 fully saturated rings. The number of rotatable bonds is 5. The van der Waals surface area contributed by atoms with E-state index in [1.165, 1.54) is 17.7 Å². The quantitative estimate of drug-likeness (QED) is 0.785. The van der Waals surface area contributed by atoms with Crippen LogP contribution in [0.2, 0.25) is 5.02 Å². The van der Waals surface area contributed by atoms with E-state index in [0.29, 0.717) is 15.9 Å². The summed E-state index contributed by atoms with van der Waals surface area (Å²) >= 11 is 7.79. The van der Waals surface area contributed by atoms with Gasteiger partial charge in [-0.15, -0.1) is 11.3 Å². The summed E-state index contributed by atoms with van der Waals surface area (Å²) in [5.41, 5.74) is 3.09. The van der Waals surface area contributed by atoms with Gasteiger partial charge in [-0.2, -0.15) is 0 Å². The highest BCUT2D eigenvalue weighted by Crippen LogP contribution is 2.32. The number of amides is 1. The molecule has 4 nitrogen and oxygen atoms in total. The Kier molecular flexibility index (Phi) is 5.64. The maximum absolute atomic E-state index is 12.2. The van der Waals surface area contributed by atoms with E-state index < -0.39 is 0 Å². The van der Waals surface area contributed by atoms with Crippen LogP contribution < -0.4 is 10.1 Å². The Morgan fingerprint density at radius 1 is 1.36 bits per heavy atom. The van der Waals surface area contributed by atoms with Crippen LogP contribution >= 0.6 is 22.9 Å². The standard InChI is InChI=1S/C19H23ClN2O2S/c1-11(2)13-9-14(20)12(3)8-16(13)24-10-18(23)22-19-21-15-6-4-5-7-17(15)25-19/h8-9,11H,4-7,10H2,1-3H3,(H,21,22,23). The molecular weight excluding hydrogens is 356 g/mol. The van der Waals surface area contributed by atoms with Gasteiger partial charge in [0.05, 0.1) is 5.69 Å². The van der Waals surface area contributed by atoms with Gasteiger partial charge >= 0.3 is 0 Å². The fraction of sp³-hybridized carbons (Fsp3) is 0.474. The molecule has 1 aliphatic rings. The minimum Gasteiger partial charge on any atom is -0.483 e. The summed E-state index contributed by atoms with van der Waals surface area (Å²) in [6.45, 7) is 6.05. The highest BCUT2D eigenvalue weighted by atomic mass is 35.5. The Morgan fingerprint density at radius 3 is 2.84 bits per heavy atom. The van der Waals surface area contributed by atoms with Crippen molar-refractivity contribution in [3.05, 3.63) is 38.9 Å². The van der Waals surface area contributed by atoms with E-state index in [1.807, 2.05) is 19.1 Å². The van der Waals surface area contributed by atoms with Gasteiger partial charge in [0, 0.05) is 9.90 Å². The van der Waals surface area contributed by atoms with E-state index in [4.69, 9.17) is 16.3 Å². The molecule has 134 valence electrons. The van der Waals surface area contributed by atoms with Gasteiger partial charge in [0.1, 0.15) is 5.75 Å². The molecule has 0 unspecified atom stereocenters. The first-order chi connectivity index (χ1) is 11.9. The first-order valence-electron chi connectivity index (χ1n) is 8.65. The lowest BCUT2D eigenvalue weighted by Crippen LogP contribution is -2.20. The third-order valence-corrected chi connectivity index (χ3v) is 5.84. The van der Waals surface area contributed by atoms with Crippen molar-refractivity contribution in [3.8, 4) is 5.75 Å². The minimum atomic E-state index is -0.187. The SMILES string of the molecule is Cc1cc(OCC(=O)Nc2nc3c(s2)CCCC3)c(C(C)C)cc1Cl. The largest absolute Gasteiger partial charge is 0.483 e. The topological polar surface area (TPSA) is 51.2 Å². The van der Waals surface area contributed by atoms with E-state index >= 15 is 0 Å². The Labute approximate surface area is 157 Å². The zero-order valence-electron chi connectivity index (χ0n) is 14.8. The molecule has 0 bridgehead atoms. The fourth-order valence-electron chi connectivity index (χ4n) is 2.95. The van der Waals surface area contributed by atoms with Gasteiger partial charge in [0.2, 0.25) is 0 Å². The molecule has 1 aliphatic carbocycles. The van der Waals surface area contributed by atoms with E-state index in [1.54, 1.807) is 11.3 Å². The smallest absolute Gasteiger partial charge is 0.264 e. The summed E-state index contributed by atoms with van der Waals surface area (Å²) in [5, 5.41) is 4.26. The van der Waals surface area contributed by atoms with Crippen LogP contribution in [0.15, 0.2) is 12.1 Å². The number of thiazole rings is 1. The molecule has 0 saturated heterocycles. The summed E-state index contributed by atoms with van der Waals surface area (Å²) in [5.74, 6) is 0.792. The second-order valence-electron chi connectivity index (χ2n) is 6.73. The lowest BCUT2D eigenvalue weighted by molar-refractivity contribution is -0.118. The number of nitrogens with one attached hydrogen (secondary N) is 1. The molecule has 1 aromatic heterocycles. The van der Waals surface area contributed by atoms with E-state index in [9.17, 15) is 4.79 Å². The van der Waals surface area contributed by atoms with Crippen molar-refractivity contribution in [2.45, 2.75) is 52.4 Å². The van der Waals surface area contributed by atoms with Crippen LogP contribution in [0.3, 0.4) is 0 Å². The molecule has 1 aromatic carbocycles. The number of fused-ring (bicyclic) bond motifs is 1. The fourth-order valence-corrected chi connectivity index (χ4v) is 4.19. The molecule has 3 rings (SSSR count). The molecule has 1 amide bonds. The van der Waals surface area contributed by atoms with Crippen molar-refractivity contribution in [2.75, 3.05) is 11.9 Å². The highest BCUT2D eigenvalue weighted by molar-refractivity contribution is 7.15. The van der Waals surface area contributed by atoms with Gasteiger partial charge in [-0.25, -0.2) is 4.98 Å². The van der Waals surface area contributed by atoms with Crippen LogP contribution in [0, 0.1) is 6.92 Å². The average Bonchev–Trinajstić information content (AvgIpc) is 2.97. The molecule has 0 aliphatic heterocycles. The first kappa shape index (κ1) is 18.2. The number of aryl methyl sites for hydroxylation is 3. The van der Waals surface area contributed by atoms with Crippen LogP contribution in [0.1, 0.15) is 54.3 Å². The summed E-state index contributed by atoms with van der Waals surface area (Å²) in [4.78, 5) is 18.1. The first-order valence-corrected chi connectivity index (χ1v) is 9.84. The van der Waals surface area contributed by atoms with E-state index in [2.05, 4.69) is 24.1 Å². The Bertz CT molecular complexity index is 762. The number of anilines is 1. The van der Waals surface area contributed by atoms with E-state index in [-0.39, 0.29) is 18.4 Å². The number of halogens is 1. The molecule has 6 heteroatoms. The predicted molar refractivity (Wildman–Crippen MR) is 103 cm³/mol. The Hall–Kier alpha value is -1.59. The Morgan fingerprint density at radius 2 is 2.12 bits per heavy atom. The number of benzene rings is 1. The van der Waals surface area contributed by atoms with Crippen molar-refractivity contribution in [1.82, 2.24) is 4.98 Å². The summed E-state index contributed by atoms with van der Waals surface area (Å²) in [6.07, 6.45) is 4.47. The number of hydrogen-bond donors (Lipinski definition) is 1. The Balaban J connectivity index is 1.64. The molecule has 0 spiro atoms.